The second kappa shape index (κ2) is 5.03. The molecule has 0 bridgehead atoms. The Kier molecular flexibility index (Phi) is 3.97. The zero-order valence-corrected chi connectivity index (χ0v) is 8.47. The van der Waals surface area contributed by atoms with Crippen LogP contribution in [-0.4, -0.2) is 6.29 Å². The quantitative estimate of drug-likeness (QED) is 0.674. The molecule has 1 aromatic carbocycles. The van der Waals surface area contributed by atoms with E-state index in [0.29, 0.717) is 10.6 Å². The molecule has 0 aliphatic carbocycles. The Labute approximate surface area is 83.7 Å². The summed E-state index contributed by atoms with van der Waals surface area (Å²) in [5, 5.41) is 0.617. The molecule has 13 heavy (non-hydrogen) atoms. The molecule has 0 unspecified atom stereocenters. The lowest BCUT2D eigenvalue weighted by molar-refractivity contribution is 0.112. The van der Waals surface area contributed by atoms with E-state index < -0.39 is 0 Å². The monoisotopic (exact) mass is 196 g/mol. The third kappa shape index (κ3) is 2.56. The third-order valence-electron chi connectivity index (χ3n) is 2.04. The van der Waals surface area contributed by atoms with E-state index in [0.717, 1.165) is 31.1 Å². The Morgan fingerprint density at radius 2 is 2.23 bits per heavy atom. The van der Waals surface area contributed by atoms with Crippen molar-refractivity contribution in [2.75, 3.05) is 0 Å². The van der Waals surface area contributed by atoms with Crippen LogP contribution < -0.4 is 0 Å². The minimum absolute atomic E-state index is 0.593. The van der Waals surface area contributed by atoms with Gasteiger partial charge >= 0.3 is 0 Å². The molecule has 0 aliphatic rings. The standard InChI is InChI=1S/C11H13ClO/c1-2-3-5-9-6-4-7-10(8-13)11(9)12/h4,6-8H,2-3,5H2,1H3. The lowest BCUT2D eigenvalue weighted by atomic mass is 10.1. The van der Waals surface area contributed by atoms with E-state index >= 15 is 0 Å². The molecule has 0 radical (unpaired) electrons. The summed E-state index contributed by atoms with van der Waals surface area (Å²) < 4.78 is 0. The van der Waals surface area contributed by atoms with Crippen LogP contribution in [0.1, 0.15) is 35.7 Å². The zero-order valence-electron chi connectivity index (χ0n) is 7.72. The first-order valence-electron chi connectivity index (χ1n) is 4.52. The molecule has 1 rings (SSSR count). The van der Waals surface area contributed by atoms with Crippen molar-refractivity contribution in [3.05, 3.63) is 34.3 Å². The second-order valence-corrected chi connectivity index (χ2v) is 3.42. The van der Waals surface area contributed by atoms with Gasteiger partial charge in [0.25, 0.3) is 0 Å². The van der Waals surface area contributed by atoms with E-state index in [1.807, 2.05) is 12.1 Å². The van der Waals surface area contributed by atoms with Gasteiger partial charge in [0.1, 0.15) is 0 Å². The number of aldehydes is 1. The summed E-state index contributed by atoms with van der Waals surface area (Å²) >= 11 is 6.01. The van der Waals surface area contributed by atoms with Crippen LogP contribution in [0.2, 0.25) is 5.02 Å². The van der Waals surface area contributed by atoms with Gasteiger partial charge in [-0.25, -0.2) is 0 Å². The van der Waals surface area contributed by atoms with Crippen molar-refractivity contribution in [2.24, 2.45) is 0 Å². The lowest BCUT2D eigenvalue weighted by Crippen LogP contribution is -1.90. The number of hydrogen-bond acceptors (Lipinski definition) is 1. The Balaban J connectivity index is 2.87. The topological polar surface area (TPSA) is 17.1 Å². The second-order valence-electron chi connectivity index (χ2n) is 3.04. The van der Waals surface area contributed by atoms with Crippen LogP contribution in [0, 0.1) is 0 Å². The van der Waals surface area contributed by atoms with Gasteiger partial charge in [0.05, 0.1) is 5.02 Å². The normalized spacial score (nSPS) is 10.0. The van der Waals surface area contributed by atoms with Crippen molar-refractivity contribution in [1.82, 2.24) is 0 Å². The van der Waals surface area contributed by atoms with Gasteiger partial charge in [-0.3, -0.25) is 4.79 Å². The van der Waals surface area contributed by atoms with Crippen molar-refractivity contribution in [2.45, 2.75) is 26.2 Å². The van der Waals surface area contributed by atoms with Crippen molar-refractivity contribution < 1.29 is 4.79 Å². The number of hydrogen-bond donors (Lipinski definition) is 0. The molecule has 0 spiro atoms. The molecular formula is C11H13ClO. The number of unbranched alkanes of at least 4 members (excludes halogenated alkanes) is 1. The number of rotatable bonds is 4. The molecule has 0 heterocycles. The van der Waals surface area contributed by atoms with Gasteiger partial charge in [0.15, 0.2) is 6.29 Å². The molecule has 0 aliphatic heterocycles. The maximum absolute atomic E-state index is 10.6. The molecule has 0 amide bonds. The molecular weight excluding hydrogens is 184 g/mol. The van der Waals surface area contributed by atoms with Crippen molar-refractivity contribution in [1.29, 1.82) is 0 Å². The Morgan fingerprint density at radius 3 is 2.85 bits per heavy atom. The van der Waals surface area contributed by atoms with Gasteiger partial charge in [-0.15, -0.1) is 0 Å². The number of carbonyl (C=O) groups is 1. The molecule has 0 saturated heterocycles. The van der Waals surface area contributed by atoms with Gasteiger partial charge < -0.3 is 0 Å². The highest BCUT2D eigenvalue weighted by Gasteiger charge is 2.03. The molecule has 0 N–H and O–H groups in total. The fourth-order valence-electron chi connectivity index (χ4n) is 1.25. The van der Waals surface area contributed by atoms with Gasteiger partial charge in [-0.1, -0.05) is 43.1 Å². The summed E-state index contributed by atoms with van der Waals surface area (Å²) in [5.74, 6) is 0. The molecule has 2 heteroatoms. The fraction of sp³-hybridized carbons (Fsp3) is 0.364. The van der Waals surface area contributed by atoms with E-state index in [-0.39, 0.29) is 0 Å². The maximum Gasteiger partial charge on any atom is 0.151 e. The molecule has 0 atom stereocenters. The SMILES string of the molecule is CCCCc1cccc(C=O)c1Cl. The average molecular weight is 197 g/mol. The zero-order chi connectivity index (χ0) is 9.68. The summed E-state index contributed by atoms with van der Waals surface area (Å²) in [6.45, 7) is 2.14. The maximum atomic E-state index is 10.6. The van der Waals surface area contributed by atoms with E-state index in [1.54, 1.807) is 6.07 Å². The molecule has 1 nitrogen and oxygen atoms in total. The molecule has 70 valence electrons. The van der Waals surface area contributed by atoms with E-state index in [1.165, 1.54) is 0 Å². The smallest absolute Gasteiger partial charge is 0.151 e. The Bertz CT molecular complexity index is 294. The van der Waals surface area contributed by atoms with Crippen LogP contribution in [0.3, 0.4) is 0 Å². The van der Waals surface area contributed by atoms with Crippen LogP contribution in [0.25, 0.3) is 0 Å². The van der Waals surface area contributed by atoms with Gasteiger partial charge in [-0.2, -0.15) is 0 Å². The molecule has 1 aromatic rings. The fourth-order valence-corrected chi connectivity index (χ4v) is 1.52. The first-order valence-corrected chi connectivity index (χ1v) is 4.90. The first-order chi connectivity index (χ1) is 6.29. The van der Waals surface area contributed by atoms with Crippen molar-refractivity contribution >= 4 is 17.9 Å². The van der Waals surface area contributed by atoms with Crippen LogP contribution in [-0.2, 0) is 6.42 Å². The van der Waals surface area contributed by atoms with E-state index in [2.05, 4.69) is 6.92 Å². The van der Waals surface area contributed by atoms with Crippen LogP contribution in [0.5, 0.6) is 0 Å². The predicted octanol–water partition coefficient (Wildman–Crippen LogP) is 3.50. The van der Waals surface area contributed by atoms with Gasteiger partial charge in [0, 0.05) is 5.56 Å². The minimum Gasteiger partial charge on any atom is -0.298 e. The molecule has 0 aromatic heterocycles. The van der Waals surface area contributed by atoms with Crippen molar-refractivity contribution in [3.8, 4) is 0 Å². The first kappa shape index (κ1) is 10.3. The van der Waals surface area contributed by atoms with Crippen LogP contribution >= 0.6 is 11.6 Å². The summed E-state index contributed by atoms with van der Waals surface area (Å²) in [4.78, 5) is 10.6. The highest BCUT2D eigenvalue weighted by atomic mass is 35.5. The Morgan fingerprint density at radius 1 is 1.46 bits per heavy atom. The van der Waals surface area contributed by atoms with E-state index in [4.69, 9.17) is 11.6 Å². The molecule has 0 saturated carbocycles. The number of benzene rings is 1. The lowest BCUT2D eigenvalue weighted by Gasteiger charge is -2.04. The van der Waals surface area contributed by atoms with E-state index in [9.17, 15) is 4.79 Å². The Hall–Kier alpha value is -0.820. The summed E-state index contributed by atoms with van der Waals surface area (Å²) in [6, 6.07) is 5.59. The summed E-state index contributed by atoms with van der Waals surface area (Å²) in [7, 11) is 0. The van der Waals surface area contributed by atoms with Crippen molar-refractivity contribution in [3.63, 3.8) is 0 Å². The molecule has 0 fully saturated rings. The number of carbonyl (C=O) groups excluding carboxylic acids is 1. The van der Waals surface area contributed by atoms with Gasteiger partial charge in [0.2, 0.25) is 0 Å². The summed E-state index contributed by atoms with van der Waals surface area (Å²) in [5.41, 5.74) is 1.67. The largest absolute Gasteiger partial charge is 0.298 e. The highest BCUT2D eigenvalue weighted by Crippen LogP contribution is 2.21. The average Bonchev–Trinajstić information content (AvgIpc) is 2.16. The van der Waals surface area contributed by atoms with Crippen LogP contribution in [0.15, 0.2) is 18.2 Å². The van der Waals surface area contributed by atoms with Crippen LogP contribution in [0.4, 0.5) is 0 Å². The third-order valence-corrected chi connectivity index (χ3v) is 2.50. The minimum atomic E-state index is 0.593. The predicted molar refractivity (Wildman–Crippen MR) is 55.5 cm³/mol. The number of aryl methyl sites for hydroxylation is 1. The number of halogens is 1. The summed E-state index contributed by atoms with van der Waals surface area (Å²) in [6.07, 6.45) is 4.01. The van der Waals surface area contributed by atoms with Gasteiger partial charge in [-0.05, 0) is 18.4 Å². The highest BCUT2D eigenvalue weighted by molar-refractivity contribution is 6.33.